The van der Waals surface area contributed by atoms with Gasteiger partial charge in [-0.05, 0) is 32.9 Å². The van der Waals surface area contributed by atoms with E-state index in [-0.39, 0.29) is 29.1 Å². The van der Waals surface area contributed by atoms with Gasteiger partial charge in [0.2, 0.25) is 11.8 Å². The molecule has 3 aliphatic rings. The molecule has 0 N–H and O–H groups in total. The van der Waals surface area contributed by atoms with Gasteiger partial charge in [0, 0.05) is 44.4 Å². The van der Waals surface area contributed by atoms with Crippen LogP contribution in [-0.4, -0.2) is 58.2 Å². The van der Waals surface area contributed by atoms with E-state index in [2.05, 4.69) is 0 Å². The van der Waals surface area contributed by atoms with E-state index in [0.29, 0.717) is 56.6 Å². The number of ether oxygens (including phenoxy) is 1. The van der Waals surface area contributed by atoms with E-state index in [9.17, 15) is 14.4 Å². The number of carbonyl (C=O) groups is 3. The maximum absolute atomic E-state index is 13.0. The zero-order chi connectivity index (χ0) is 20.1. The smallest absolute Gasteiger partial charge is 0.227 e. The first kappa shape index (κ1) is 19.0. The Hall–Kier alpha value is -2.37. The average molecular weight is 384 g/mol. The monoisotopic (exact) mass is 384 g/mol. The van der Waals surface area contributed by atoms with Crippen molar-refractivity contribution in [2.24, 2.45) is 5.92 Å². The van der Waals surface area contributed by atoms with Crippen LogP contribution in [0.4, 0.5) is 0 Å². The lowest BCUT2D eigenvalue weighted by atomic mass is 9.82. The van der Waals surface area contributed by atoms with Crippen LogP contribution in [0.1, 0.15) is 56.8 Å². The maximum atomic E-state index is 13.0. The fourth-order valence-electron chi connectivity index (χ4n) is 4.64. The number of benzene rings is 1. The largest absolute Gasteiger partial charge is 0.486 e. The zero-order valence-electron chi connectivity index (χ0n) is 16.9. The van der Waals surface area contributed by atoms with E-state index < -0.39 is 5.60 Å². The highest BCUT2D eigenvalue weighted by molar-refractivity contribution is 6.00. The molecule has 4 rings (SSSR count). The number of hydrogen-bond donors (Lipinski definition) is 0. The molecule has 1 spiro atoms. The van der Waals surface area contributed by atoms with Gasteiger partial charge < -0.3 is 14.5 Å². The van der Waals surface area contributed by atoms with Gasteiger partial charge in [0.15, 0.2) is 5.78 Å². The van der Waals surface area contributed by atoms with Gasteiger partial charge in [-0.3, -0.25) is 14.4 Å². The molecule has 150 valence electrons. The second-order valence-electron chi connectivity index (χ2n) is 9.28. The van der Waals surface area contributed by atoms with E-state index in [0.717, 1.165) is 0 Å². The van der Waals surface area contributed by atoms with Crippen LogP contribution in [0.25, 0.3) is 0 Å². The van der Waals surface area contributed by atoms with Crippen molar-refractivity contribution < 1.29 is 19.1 Å². The van der Waals surface area contributed by atoms with Gasteiger partial charge in [-0.25, -0.2) is 0 Å². The molecule has 3 aliphatic heterocycles. The number of para-hydroxylation sites is 1. The van der Waals surface area contributed by atoms with E-state index in [4.69, 9.17) is 4.74 Å². The lowest BCUT2D eigenvalue weighted by Gasteiger charge is -2.44. The summed E-state index contributed by atoms with van der Waals surface area (Å²) in [7, 11) is 0. The molecule has 1 aromatic carbocycles. The van der Waals surface area contributed by atoms with Crippen LogP contribution in [0.5, 0.6) is 5.75 Å². The lowest BCUT2D eigenvalue weighted by Crippen LogP contribution is -2.53. The second-order valence-corrected chi connectivity index (χ2v) is 9.28. The number of piperidine rings is 1. The molecule has 1 unspecified atom stereocenters. The molecule has 1 atom stereocenters. The minimum atomic E-state index is -0.509. The molecule has 0 aromatic heterocycles. The Morgan fingerprint density at radius 1 is 1.14 bits per heavy atom. The SMILES string of the molecule is CC(C)(C)N1CC(C(=O)N2CCC3(CC2)CC(=O)c2ccccc2O3)CC1=O. The Morgan fingerprint density at radius 3 is 2.46 bits per heavy atom. The number of carbonyl (C=O) groups excluding carboxylic acids is 3. The van der Waals surface area contributed by atoms with Crippen molar-refractivity contribution in [3.05, 3.63) is 29.8 Å². The Kier molecular flexibility index (Phi) is 4.47. The van der Waals surface area contributed by atoms with Crippen LogP contribution in [0.3, 0.4) is 0 Å². The summed E-state index contributed by atoms with van der Waals surface area (Å²) in [5.41, 5.74) is -0.120. The van der Waals surface area contributed by atoms with Gasteiger partial charge in [0.25, 0.3) is 0 Å². The normalized spacial score (nSPS) is 24.3. The van der Waals surface area contributed by atoms with Gasteiger partial charge in [0.1, 0.15) is 11.4 Å². The third-order valence-electron chi connectivity index (χ3n) is 6.27. The summed E-state index contributed by atoms with van der Waals surface area (Å²) >= 11 is 0. The summed E-state index contributed by atoms with van der Waals surface area (Å²) in [6.45, 7) is 7.61. The van der Waals surface area contributed by atoms with Crippen molar-refractivity contribution in [3.63, 3.8) is 0 Å². The van der Waals surface area contributed by atoms with Crippen LogP contribution < -0.4 is 4.74 Å². The first-order valence-electron chi connectivity index (χ1n) is 10.1. The standard InChI is InChI=1S/C22H28N2O4/c1-21(2,3)24-14-15(12-19(24)26)20(27)23-10-8-22(9-11-23)13-17(25)16-6-4-5-7-18(16)28-22/h4-7,15H,8-14H2,1-3H3. The Bertz CT molecular complexity index is 818. The Labute approximate surface area is 165 Å². The van der Waals surface area contributed by atoms with Gasteiger partial charge >= 0.3 is 0 Å². The molecule has 2 amide bonds. The van der Waals surface area contributed by atoms with Gasteiger partial charge in [-0.15, -0.1) is 0 Å². The van der Waals surface area contributed by atoms with Crippen LogP contribution in [0.15, 0.2) is 24.3 Å². The Morgan fingerprint density at radius 2 is 1.82 bits per heavy atom. The molecule has 0 radical (unpaired) electrons. The minimum Gasteiger partial charge on any atom is -0.486 e. The number of fused-ring (bicyclic) bond motifs is 1. The fourth-order valence-corrected chi connectivity index (χ4v) is 4.64. The van der Waals surface area contributed by atoms with Crippen molar-refractivity contribution in [2.75, 3.05) is 19.6 Å². The third kappa shape index (κ3) is 3.29. The summed E-state index contributed by atoms with van der Waals surface area (Å²) in [6.07, 6.45) is 1.94. The van der Waals surface area contributed by atoms with Crippen LogP contribution in [0.2, 0.25) is 0 Å². The molecular weight excluding hydrogens is 356 g/mol. The molecule has 0 aliphatic carbocycles. The fraction of sp³-hybridized carbons (Fsp3) is 0.591. The van der Waals surface area contributed by atoms with Crippen molar-refractivity contribution in [1.82, 2.24) is 9.80 Å². The number of rotatable bonds is 1. The molecule has 6 heteroatoms. The number of amides is 2. The highest BCUT2D eigenvalue weighted by atomic mass is 16.5. The highest BCUT2D eigenvalue weighted by Gasteiger charge is 2.46. The van der Waals surface area contributed by atoms with Gasteiger partial charge in [-0.1, -0.05) is 12.1 Å². The Balaban J connectivity index is 1.41. The summed E-state index contributed by atoms with van der Waals surface area (Å²) in [5.74, 6) is 0.606. The van der Waals surface area contributed by atoms with Gasteiger partial charge in [0.05, 0.1) is 17.9 Å². The van der Waals surface area contributed by atoms with Crippen molar-refractivity contribution >= 4 is 17.6 Å². The van der Waals surface area contributed by atoms with Crippen molar-refractivity contribution in [1.29, 1.82) is 0 Å². The lowest BCUT2D eigenvalue weighted by molar-refractivity contribution is -0.139. The molecule has 1 aromatic rings. The summed E-state index contributed by atoms with van der Waals surface area (Å²) in [6, 6.07) is 7.38. The van der Waals surface area contributed by atoms with Crippen LogP contribution in [-0.2, 0) is 9.59 Å². The number of hydrogen-bond acceptors (Lipinski definition) is 4. The second kappa shape index (κ2) is 6.61. The van der Waals surface area contributed by atoms with E-state index in [1.54, 1.807) is 11.0 Å². The van der Waals surface area contributed by atoms with Crippen LogP contribution >= 0.6 is 0 Å². The molecule has 28 heavy (non-hydrogen) atoms. The van der Waals surface area contributed by atoms with E-state index >= 15 is 0 Å². The molecular formula is C22H28N2O4. The van der Waals surface area contributed by atoms with Gasteiger partial charge in [-0.2, -0.15) is 0 Å². The zero-order valence-corrected chi connectivity index (χ0v) is 16.9. The van der Waals surface area contributed by atoms with E-state index in [1.165, 1.54) is 0 Å². The van der Waals surface area contributed by atoms with Crippen molar-refractivity contribution in [2.45, 2.75) is 57.6 Å². The van der Waals surface area contributed by atoms with E-state index in [1.807, 2.05) is 43.9 Å². The molecule has 2 fully saturated rings. The molecule has 3 heterocycles. The average Bonchev–Trinajstić information content (AvgIpc) is 3.04. The predicted octanol–water partition coefficient (Wildman–Crippen LogP) is 2.66. The first-order valence-corrected chi connectivity index (χ1v) is 10.1. The molecule has 0 saturated carbocycles. The molecule has 0 bridgehead atoms. The molecule has 2 saturated heterocycles. The topological polar surface area (TPSA) is 66.9 Å². The van der Waals surface area contributed by atoms with Crippen molar-refractivity contribution in [3.8, 4) is 5.75 Å². The third-order valence-corrected chi connectivity index (χ3v) is 6.27. The number of ketones is 1. The summed E-state index contributed by atoms with van der Waals surface area (Å²) in [5, 5.41) is 0. The number of Topliss-reactive ketones (excluding diaryl/α,β-unsaturated/α-hetero) is 1. The predicted molar refractivity (Wildman–Crippen MR) is 104 cm³/mol. The minimum absolute atomic E-state index is 0.0529. The summed E-state index contributed by atoms with van der Waals surface area (Å²) in [4.78, 5) is 41.5. The quantitative estimate of drug-likeness (QED) is 0.747. The molecule has 6 nitrogen and oxygen atoms in total. The first-order chi connectivity index (χ1) is 13.2. The number of likely N-dealkylation sites (tertiary alicyclic amines) is 2. The maximum Gasteiger partial charge on any atom is 0.227 e. The summed E-state index contributed by atoms with van der Waals surface area (Å²) < 4.78 is 6.24. The van der Waals surface area contributed by atoms with Crippen LogP contribution in [0, 0.1) is 5.92 Å². The number of nitrogens with zero attached hydrogens (tertiary/aromatic N) is 2. The highest BCUT2D eigenvalue weighted by Crippen LogP contribution is 2.39.